The minimum Gasteiger partial charge on any atom is -0.324 e. The van der Waals surface area contributed by atoms with Gasteiger partial charge in [-0.3, -0.25) is 0 Å². The Morgan fingerprint density at radius 1 is 0.266 bits per heavy atom. The van der Waals surface area contributed by atoms with Gasteiger partial charge in [-0.2, -0.15) is 0 Å². The predicted octanol–water partition coefficient (Wildman–Crippen LogP) is 13.0. The first kappa shape index (κ1) is 33.7. The van der Waals surface area contributed by atoms with Crippen LogP contribution in [0.4, 0.5) is 0 Å². The lowest BCUT2D eigenvalue weighted by Gasteiger charge is -2.34. The van der Waals surface area contributed by atoms with Gasteiger partial charge in [-0.15, -0.1) is 0 Å². The van der Waals surface area contributed by atoms with Crippen molar-refractivity contribution in [2.75, 3.05) is 0 Å². The van der Waals surface area contributed by atoms with E-state index in [0.29, 0.717) is 70.6 Å². The molecular weight excluding hydrogens is 785 g/mol. The number of nitrogens with zero attached hydrogens (tertiary/aromatic N) is 6. The third-order valence-electron chi connectivity index (χ3n) is 17.3. The van der Waals surface area contributed by atoms with Gasteiger partial charge in [-0.25, -0.2) is 29.9 Å². The van der Waals surface area contributed by atoms with Gasteiger partial charge in [0.25, 0.3) is 0 Å². The summed E-state index contributed by atoms with van der Waals surface area (Å²) in [6.07, 6.45) is 28.8. The molecule has 8 unspecified atom stereocenters. The number of allylic oxidation sites excluding steroid dienone is 8. The number of benzene rings is 4. The van der Waals surface area contributed by atoms with Gasteiger partial charge in [0, 0.05) is 91.1 Å². The SMILES string of the molecule is C1=CC2CCC1c1cc3c(cc12)-c1nc-3nc2[nH]c(nc3nc(nc4[nH]c(n1)c1cc5c(cc41)C1C=CC5CC1)-c1cc4c(cc1-3)C1C=CC4CC1)c1cc3c(cc21)C1C=CC3CC1. The van der Waals surface area contributed by atoms with E-state index in [9.17, 15) is 0 Å². The summed E-state index contributed by atoms with van der Waals surface area (Å²) in [5.41, 5.74) is 18.6. The molecule has 21 rings (SSSR count). The molecule has 2 N–H and O–H groups in total. The van der Waals surface area contributed by atoms with Crippen LogP contribution >= 0.6 is 0 Å². The second kappa shape index (κ2) is 11.7. The third-order valence-corrected chi connectivity index (χ3v) is 17.3. The highest BCUT2D eigenvalue weighted by Gasteiger charge is 2.36. The summed E-state index contributed by atoms with van der Waals surface area (Å²) in [5, 5.41) is 4.30. The minimum atomic E-state index is 0.418. The molecule has 16 bridgehead atoms. The Hall–Kier alpha value is -6.80. The van der Waals surface area contributed by atoms with Gasteiger partial charge < -0.3 is 9.97 Å². The number of H-pyrrole nitrogens is 2. The molecule has 8 nitrogen and oxygen atoms in total. The Labute approximate surface area is 368 Å². The van der Waals surface area contributed by atoms with Crippen LogP contribution in [0.2, 0.25) is 0 Å². The standard InChI is InChI=1S/C56H42N8/c1-2-26-4-3-25(1)33-17-41-42(18-34(26)33)50-57-49(41)61-51-43-19-35-27-5-7-28(8-6-27)36(35)20-44(43)53(58-51)63-55-47-23-39-31-13-15-32(16-14-31)40(39)24-48(47)56(60-55)64-54-46-22-38-30-11-9-29(10-12-30)37(38)21-45(46)52(59-54)62-50/h1-2,5,7,9,11,13,15,17-32H,3-4,6,8,10,12,14,16H2,(H2,57,58,59,60,61,62,63,64). The summed E-state index contributed by atoms with van der Waals surface area (Å²) in [4.78, 5) is 40.6. The van der Waals surface area contributed by atoms with Gasteiger partial charge in [-0.05, 0) is 144 Å². The number of hydrogen-bond acceptors (Lipinski definition) is 6. The maximum atomic E-state index is 5.55. The number of fused-ring (bicyclic) bond motifs is 24. The summed E-state index contributed by atoms with van der Waals surface area (Å²) in [5.74, 6) is 6.12. The van der Waals surface area contributed by atoms with Crippen molar-refractivity contribution in [2.24, 2.45) is 0 Å². The van der Waals surface area contributed by atoms with Crippen molar-refractivity contribution in [2.45, 2.75) is 98.7 Å². The molecule has 0 saturated heterocycles. The molecule has 12 aliphatic carbocycles. The lowest BCUT2D eigenvalue weighted by molar-refractivity contribution is 0.554. The molecule has 5 heterocycles. The summed E-state index contributed by atoms with van der Waals surface area (Å²) >= 11 is 0. The average Bonchev–Trinajstić information content (AvgIpc) is 4.08. The number of nitrogens with one attached hydrogen (secondary N) is 2. The fourth-order valence-electron chi connectivity index (χ4n) is 14.0. The molecule has 3 aromatic heterocycles. The highest BCUT2D eigenvalue weighted by molar-refractivity contribution is 6.07. The first-order chi connectivity index (χ1) is 31.6. The second-order valence-electron chi connectivity index (χ2n) is 20.4. The van der Waals surface area contributed by atoms with E-state index < -0.39 is 0 Å². The molecule has 8 heteroatoms. The first-order valence-electron chi connectivity index (χ1n) is 23.9. The van der Waals surface area contributed by atoms with Gasteiger partial charge in [0.1, 0.15) is 22.6 Å². The van der Waals surface area contributed by atoms with Crippen molar-refractivity contribution in [3.8, 4) is 45.6 Å². The smallest absolute Gasteiger partial charge is 0.164 e. The van der Waals surface area contributed by atoms with Gasteiger partial charge in [-0.1, -0.05) is 48.6 Å². The van der Waals surface area contributed by atoms with Crippen LogP contribution in [-0.2, 0) is 0 Å². The molecule has 0 amide bonds. The van der Waals surface area contributed by atoms with E-state index in [4.69, 9.17) is 29.9 Å². The van der Waals surface area contributed by atoms with Crippen LogP contribution in [0, 0.1) is 0 Å². The summed E-state index contributed by atoms with van der Waals surface area (Å²) in [7, 11) is 0. The lowest BCUT2D eigenvalue weighted by atomic mass is 9.70. The van der Waals surface area contributed by atoms with Gasteiger partial charge in [0.2, 0.25) is 0 Å². The Kier molecular flexibility index (Phi) is 6.14. The zero-order valence-corrected chi connectivity index (χ0v) is 35.2. The average molecular weight is 827 g/mol. The lowest BCUT2D eigenvalue weighted by Crippen LogP contribution is -2.17. The van der Waals surface area contributed by atoms with Crippen molar-refractivity contribution >= 4 is 44.1 Å². The van der Waals surface area contributed by atoms with Crippen molar-refractivity contribution in [3.05, 3.63) is 142 Å². The van der Waals surface area contributed by atoms with Crippen LogP contribution in [0.15, 0.2) is 97.1 Å². The molecule has 8 atom stereocenters. The number of hydrogen-bond donors (Lipinski definition) is 2. The highest BCUT2D eigenvalue weighted by Crippen LogP contribution is 2.53. The van der Waals surface area contributed by atoms with E-state index in [-0.39, 0.29) is 0 Å². The number of aromatic amines is 2. The van der Waals surface area contributed by atoms with E-state index in [0.717, 1.165) is 66.4 Å². The monoisotopic (exact) mass is 826 g/mol. The van der Waals surface area contributed by atoms with E-state index in [1.807, 2.05) is 0 Å². The molecule has 306 valence electrons. The Morgan fingerprint density at radius 3 is 0.672 bits per heavy atom. The molecule has 0 fully saturated rings. The van der Waals surface area contributed by atoms with E-state index >= 15 is 0 Å². The maximum Gasteiger partial charge on any atom is 0.164 e. The largest absolute Gasteiger partial charge is 0.324 e. The fourth-order valence-corrected chi connectivity index (χ4v) is 14.0. The highest BCUT2D eigenvalue weighted by atomic mass is 15.1. The van der Waals surface area contributed by atoms with E-state index in [2.05, 4.69) is 107 Å². The fraction of sp³-hybridized carbons (Fsp3) is 0.286. The maximum absolute atomic E-state index is 5.55. The zero-order chi connectivity index (χ0) is 41.1. The van der Waals surface area contributed by atoms with Crippen LogP contribution in [0.25, 0.3) is 89.7 Å². The van der Waals surface area contributed by atoms with Gasteiger partial charge >= 0.3 is 0 Å². The van der Waals surface area contributed by atoms with Crippen molar-refractivity contribution in [3.63, 3.8) is 0 Å². The van der Waals surface area contributed by atoms with E-state index in [1.54, 1.807) is 0 Å². The van der Waals surface area contributed by atoms with Crippen LogP contribution in [-0.4, -0.2) is 39.9 Å². The molecule has 0 saturated carbocycles. The van der Waals surface area contributed by atoms with Gasteiger partial charge in [0.05, 0.1) is 0 Å². The molecule has 7 aromatic rings. The molecule has 4 aromatic carbocycles. The first-order valence-corrected chi connectivity index (χ1v) is 23.9. The van der Waals surface area contributed by atoms with Crippen LogP contribution in [0.5, 0.6) is 0 Å². The minimum absolute atomic E-state index is 0.418. The quantitative estimate of drug-likeness (QED) is 0.147. The van der Waals surface area contributed by atoms with Gasteiger partial charge in [0.15, 0.2) is 23.3 Å². The van der Waals surface area contributed by atoms with Crippen molar-refractivity contribution < 1.29 is 0 Å². The predicted molar refractivity (Wildman–Crippen MR) is 251 cm³/mol. The topological polar surface area (TPSA) is 109 Å². The Morgan fingerprint density at radius 2 is 0.469 bits per heavy atom. The molecule has 2 aliphatic heterocycles. The summed E-state index contributed by atoms with van der Waals surface area (Å²) in [6, 6.07) is 19.2. The molecular formula is C56H42N8. The number of rotatable bonds is 0. The van der Waals surface area contributed by atoms with Crippen LogP contribution in [0.1, 0.15) is 143 Å². The van der Waals surface area contributed by atoms with Crippen molar-refractivity contribution in [1.82, 2.24) is 39.9 Å². The van der Waals surface area contributed by atoms with E-state index in [1.165, 1.54) is 95.9 Å². The Bertz CT molecular complexity index is 3240. The normalized spacial score (nSPS) is 27.2. The summed E-state index contributed by atoms with van der Waals surface area (Å²) < 4.78 is 0. The summed E-state index contributed by atoms with van der Waals surface area (Å²) in [6.45, 7) is 0. The molecule has 0 radical (unpaired) electrons. The Balaban J connectivity index is 1.02. The molecule has 14 aliphatic rings. The molecule has 64 heavy (non-hydrogen) atoms. The second-order valence-corrected chi connectivity index (χ2v) is 20.4. The zero-order valence-electron chi connectivity index (χ0n) is 35.2. The number of aromatic nitrogens is 8. The van der Waals surface area contributed by atoms with Crippen molar-refractivity contribution in [1.29, 1.82) is 0 Å². The third kappa shape index (κ3) is 4.34. The molecule has 0 spiro atoms. The van der Waals surface area contributed by atoms with Crippen LogP contribution in [0.3, 0.4) is 0 Å². The van der Waals surface area contributed by atoms with Crippen LogP contribution < -0.4 is 0 Å².